The van der Waals surface area contributed by atoms with Gasteiger partial charge in [0.05, 0.1) is 25.9 Å². The molecular weight excluding hydrogens is 334 g/mol. The van der Waals surface area contributed by atoms with Gasteiger partial charge >= 0.3 is 0 Å². The number of carbonyl (C=O) groups is 2. The van der Waals surface area contributed by atoms with Gasteiger partial charge in [-0.15, -0.1) is 0 Å². The molecule has 0 saturated carbocycles. The maximum Gasteiger partial charge on any atom is 0.255 e. The van der Waals surface area contributed by atoms with Crippen LogP contribution in [-0.2, 0) is 5.41 Å². The van der Waals surface area contributed by atoms with Crippen LogP contribution < -0.4 is 19.9 Å². The summed E-state index contributed by atoms with van der Waals surface area (Å²) in [5.74, 6) is -1.32. The van der Waals surface area contributed by atoms with Gasteiger partial charge in [0.2, 0.25) is 0 Å². The van der Waals surface area contributed by atoms with E-state index >= 15 is 0 Å². The van der Waals surface area contributed by atoms with Crippen LogP contribution in [0.4, 0.5) is 5.69 Å². The van der Waals surface area contributed by atoms with E-state index in [1.54, 1.807) is 12.1 Å². The first-order valence-corrected chi connectivity index (χ1v) is 8.06. The molecule has 0 fully saturated rings. The Kier molecular flexibility index (Phi) is 5.55. The molecule has 0 unspecified atom stereocenters. The number of nitrogens with one attached hydrogen (secondary N) is 1. The van der Waals surface area contributed by atoms with Crippen LogP contribution >= 0.6 is 0 Å². The van der Waals surface area contributed by atoms with Gasteiger partial charge in [0, 0.05) is 17.2 Å². The smallest absolute Gasteiger partial charge is 0.255 e. The minimum Gasteiger partial charge on any atom is -0.545 e. The third kappa shape index (κ3) is 4.14. The molecule has 138 valence electrons. The Labute approximate surface area is 152 Å². The number of aromatic carboxylic acids is 1. The van der Waals surface area contributed by atoms with Crippen LogP contribution in [-0.4, -0.2) is 26.1 Å². The van der Waals surface area contributed by atoms with Crippen LogP contribution in [0.3, 0.4) is 0 Å². The average Bonchev–Trinajstić information content (AvgIpc) is 2.60. The van der Waals surface area contributed by atoms with Crippen LogP contribution in [0.25, 0.3) is 0 Å². The van der Waals surface area contributed by atoms with Gasteiger partial charge in [0.1, 0.15) is 0 Å². The number of carboxylic acids is 1. The minimum absolute atomic E-state index is 0.0273. The third-order valence-corrected chi connectivity index (χ3v) is 4.00. The molecule has 0 radical (unpaired) electrons. The van der Waals surface area contributed by atoms with Crippen molar-refractivity contribution in [2.24, 2.45) is 0 Å². The van der Waals surface area contributed by atoms with Crippen LogP contribution in [0, 0.1) is 0 Å². The normalized spacial score (nSPS) is 11.0. The van der Waals surface area contributed by atoms with Gasteiger partial charge in [-0.25, -0.2) is 0 Å². The monoisotopic (exact) mass is 356 g/mol. The van der Waals surface area contributed by atoms with Gasteiger partial charge in [0.25, 0.3) is 5.91 Å². The van der Waals surface area contributed by atoms with E-state index in [2.05, 4.69) is 26.1 Å². The number of methoxy groups -OCH3 is 2. The summed E-state index contributed by atoms with van der Waals surface area (Å²) in [4.78, 5) is 23.9. The molecule has 6 heteroatoms. The topological polar surface area (TPSA) is 87.7 Å². The maximum absolute atomic E-state index is 12.5. The third-order valence-electron chi connectivity index (χ3n) is 4.00. The average molecular weight is 356 g/mol. The van der Waals surface area contributed by atoms with Crippen molar-refractivity contribution in [3.63, 3.8) is 0 Å². The highest BCUT2D eigenvalue weighted by Crippen LogP contribution is 2.33. The highest BCUT2D eigenvalue weighted by molar-refractivity contribution is 6.07. The Morgan fingerprint density at radius 3 is 1.96 bits per heavy atom. The highest BCUT2D eigenvalue weighted by atomic mass is 16.5. The van der Waals surface area contributed by atoms with Crippen molar-refractivity contribution in [1.29, 1.82) is 0 Å². The zero-order valence-electron chi connectivity index (χ0n) is 15.5. The van der Waals surface area contributed by atoms with E-state index in [1.807, 2.05) is 12.1 Å². The number of hydrogen-bond acceptors (Lipinski definition) is 5. The molecule has 0 heterocycles. The van der Waals surface area contributed by atoms with Crippen molar-refractivity contribution in [3.8, 4) is 11.5 Å². The van der Waals surface area contributed by atoms with Crippen molar-refractivity contribution in [3.05, 3.63) is 53.1 Å². The highest BCUT2D eigenvalue weighted by Gasteiger charge is 2.17. The molecule has 0 aliphatic carbocycles. The molecule has 2 aromatic rings. The van der Waals surface area contributed by atoms with Crippen LogP contribution in [0.5, 0.6) is 11.5 Å². The van der Waals surface area contributed by atoms with Crippen molar-refractivity contribution < 1.29 is 24.2 Å². The lowest BCUT2D eigenvalue weighted by atomic mass is 9.86. The molecule has 6 nitrogen and oxygen atoms in total. The molecule has 2 rings (SSSR count). The Morgan fingerprint density at radius 1 is 0.962 bits per heavy atom. The molecule has 26 heavy (non-hydrogen) atoms. The SMILES string of the molecule is COc1cc(NC(=O)c2ccc(C(C)(C)C)cc2)c(C(=O)[O-])cc1OC. The number of hydrogen-bond donors (Lipinski definition) is 1. The molecule has 0 spiro atoms. The first-order valence-electron chi connectivity index (χ1n) is 8.06. The van der Waals surface area contributed by atoms with E-state index in [1.165, 1.54) is 26.4 Å². The number of anilines is 1. The number of amides is 1. The predicted molar refractivity (Wildman–Crippen MR) is 97.0 cm³/mol. The zero-order valence-corrected chi connectivity index (χ0v) is 15.5. The summed E-state index contributed by atoms with van der Waals surface area (Å²) < 4.78 is 10.3. The van der Waals surface area contributed by atoms with E-state index in [4.69, 9.17) is 9.47 Å². The van der Waals surface area contributed by atoms with Crippen LogP contribution in [0.1, 0.15) is 47.1 Å². The lowest BCUT2D eigenvalue weighted by molar-refractivity contribution is -0.254. The van der Waals surface area contributed by atoms with E-state index in [9.17, 15) is 14.7 Å². The first-order chi connectivity index (χ1) is 12.2. The number of rotatable bonds is 5. The van der Waals surface area contributed by atoms with E-state index < -0.39 is 11.9 Å². The summed E-state index contributed by atoms with van der Waals surface area (Å²) in [6, 6.07) is 9.81. The van der Waals surface area contributed by atoms with E-state index in [0.29, 0.717) is 11.3 Å². The van der Waals surface area contributed by atoms with E-state index in [-0.39, 0.29) is 22.4 Å². The molecule has 0 aromatic heterocycles. The summed E-state index contributed by atoms with van der Waals surface area (Å²) in [6.07, 6.45) is 0. The molecular formula is C20H22NO5-. The second-order valence-electron chi connectivity index (χ2n) is 6.82. The largest absolute Gasteiger partial charge is 0.545 e. The summed E-state index contributed by atoms with van der Waals surface area (Å²) in [6.45, 7) is 6.24. The number of carbonyl (C=O) groups excluding carboxylic acids is 2. The summed E-state index contributed by atoms with van der Waals surface area (Å²) in [5, 5.41) is 14.0. The van der Waals surface area contributed by atoms with Crippen molar-refractivity contribution >= 4 is 17.6 Å². The van der Waals surface area contributed by atoms with Crippen LogP contribution in [0.2, 0.25) is 0 Å². The van der Waals surface area contributed by atoms with Gasteiger partial charge < -0.3 is 24.7 Å². The minimum atomic E-state index is -1.43. The summed E-state index contributed by atoms with van der Waals surface area (Å²) >= 11 is 0. The Balaban J connectivity index is 2.34. The maximum atomic E-state index is 12.5. The fraction of sp³-hybridized carbons (Fsp3) is 0.300. The number of ether oxygens (including phenoxy) is 2. The summed E-state index contributed by atoms with van der Waals surface area (Å²) in [5.41, 5.74) is 1.36. The van der Waals surface area contributed by atoms with Gasteiger partial charge in [-0.2, -0.15) is 0 Å². The lowest BCUT2D eigenvalue weighted by Gasteiger charge is -2.19. The fourth-order valence-corrected chi connectivity index (χ4v) is 2.47. The molecule has 0 atom stereocenters. The van der Waals surface area contributed by atoms with Gasteiger partial charge in [0.15, 0.2) is 11.5 Å². The summed E-state index contributed by atoms with van der Waals surface area (Å²) in [7, 11) is 2.82. The molecule has 0 aliphatic heterocycles. The van der Waals surface area contributed by atoms with Crippen molar-refractivity contribution in [1.82, 2.24) is 0 Å². The molecule has 1 amide bonds. The van der Waals surface area contributed by atoms with Crippen molar-refractivity contribution in [2.45, 2.75) is 26.2 Å². The Hall–Kier alpha value is -3.02. The standard InChI is InChI=1S/C20H23NO5/c1-20(2,3)13-8-6-12(7-9-13)18(22)21-15-11-17(26-5)16(25-4)10-14(15)19(23)24/h6-11H,1-5H3,(H,21,22)(H,23,24)/p-1. The molecule has 2 aromatic carbocycles. The molecule has 1 N–H and O–H groups in total. The number of carboxylic acid groups (broad SMARTS) is 1. The zero-order chi connectivity index (χ0) is 19.5. The van der Waals surface area contributed by atoms with E-state index in [0.717, 1.165) is 5.56 Å². The fourth-order valence-electron chi connectivity index (χ4n) is 2.47. The second kappa shape index (κ2) is 7.47. The Morgan fingerprint density at radius 2 is 1.50 bits per heavy atom. The molecule has 0 saturated heterocycles. The van der Waals surface area contributed by atoms with Gasteiger partial charge in [-0.1, -0.05) is 32.9 Å². The second-order valence-corrected chi connectivity index (χ2v) is 6.82. The first kappa shape index (κ1) is 19.3. The predicted octanol–water partition coefficient (Wildman–Crippen LogP) is 2.62. The molecule has 0 aliphatic rings. The van der Waals surface area contributed by atoms with Gasteiger partial charge in [-0.05, 0) is 29.2 Å². The lowest BCUT2D eigenvalue weighted by Crippen LogP contribution is -2.25. The van der Waals surface area contributed by atoms with Crippen molar-refractivity contribution in [2.75, 3.05) is 19.5 Å². The Bertz CT molecular complexity index is 819. The molecule has 0 bridgehead atoms. The quantitative estimate of drug-likeness (QED) is 0.890. The van der Waals surface area contributed by atoms with Gasteiger partial charge in [-0.3, -0.25) is 4.79 Å². The number of benzene rings is 2. The van der Waals surface area contributed by atoms with Crippen LogP contribution in [0.15, 0.2) is 36.4 Å².